The minimum absolute atomic E-state index is 0.0867. The summed E-state index contributed by atoms with van der Waals surface area (Å²) in [4.78, 5) is 1.37. The van der Waals surface area contributed by atoms with Gasteiger partial charge < -0.3 is 10.3 Å². The van der Waals surface area contributed by atoms with Gasteiger partial charge in [0, 0.05) is 29.7 Å². The average Bonchev–Trinajstić information content (AvgIpc) is 2.91. The molecule has 1 saturated heterocycles. The lowest BCUT2D eigenvalue weighted by Crippen LogP contribution is -3.15. The molecular weight excluding hydrogens is 358 g/mol. The van der Waals surface area contributed by atoms with E-state index in [0.29, 0.717) is 5.02 Å². The average molecular weight is 377 g/mol. The van der Waals surface area contributed by atoms with Gasteiger partial charge in [0.15, 0.2) is 0 Å². The Kier molecular flexibility index (Phi) is 4.08. The normalized spacial score (nSPS) is 36.0. The first kappa shape index (κ1) is 17.7. The maximum atomic E-state index is 9.93. The van der Waals surface area contributed by atoms with Crippen LogP contribution in [-0.4, -0.2) is 24.8 Å². The molecule has 0 radical (unpaired) electrons. The van der Waals surface area contributed by atoms with Crippen molar-refractivity contribution in [1.82, 2.24) is 0 Å². The number of rotatable bonds is 1. The molecule has 1 aromatic carbocycles. The van der Waals surface area contributed by atoms with Gasteiger partial charge >= 0.3 is 0 Å². The molecule has 5 nitrogen and oxygen atoms in total. The summed E-state index contributed by atoms with van der Waals surface area (Å²) in [5.74, 6) is -1.17. The monoisotopic (exact) mass is 376 g/mol. The van der Waals surface area contributed by atoms with Crippen molar-refractivity contribution < 1.29 is 4.90 Å². The number of nitriles is 3. The van der Waals surface area contributed by atoms with Gasteiger partial charge in [-0.1, -0.05) is 23.7 Å². The number of nitrogens with zero attached hydrogens (tertiary/aromatic N) is 3. The standard InChI is InChI=1S/C21H18ClN5/c1-27-14-6-7-17(27)19-16(8-14)21(10-24,11-25)20(26)15(9-23)18(19)12-2-4-13(22)5-3-12/h2-5,8,14-15,17-19,26H,6-7H2,1H3/p+1/t14-,15+,17+,18-,19+/m0/s1. The molecule has 6 heteroatoms. The Hall–Kier alpha value is -2.65. The molecule has 6 atom stereocenters. The second kappa shape index (κ2) is 6.21. The number of hydrogen-bond acceptors (Lipinski definition) is 4. The Morgan fingerprint density at radius 3 is 2.37 bits per heavy atom. The van der Waals surface area contributed by atoms with Crippen LogP contribution in [0.2, 0.25) is 5.02 Å². The smallest absolute Gasteiger partial charge is 0.203 e. The molecule has 1 saturated carbocycles. The third-order valence-electron chi connectivity index (χ3n) is 6.76. The molecule has 2 aliphatic heterocycles. The summed E-state index contributed by atoms with van der Waals surface area (Å²) in [7, 11) is 2.15. The summed E-state index contributed by atoms with van der Waals surface area (Å²) < 4.78 is 0. The van der Waals surface area contributed by atoms with Crippen molar-refractivity contribution in [1.29, 1.82) is 21.2 Å². The highest BCUT2D eigenvalue weighted by Gasteiger charge is 2.62. The lowest BCUT2D eigenvalue weighted by Gasteiger charge is -2.48. The fourth-order valence-electron chi connectivity index (χ4n) is 5.41. The fourth-order valence-corrected chi connectivity index (χ4v) is 5.54. The summed E-state index contributed by atoms with van der Waals surface area (Å²) >= 11 is 6.05. The van der Waals surface area contributed by atoms with E-state index < -0.39 is 11.3 Å². The lowest BCUT2D eigenvalue weighted by atomic mass is 9.54. The maximum Gasteiger partial charge on any atom is 0.203 e. The van der Waals surface area contributed by atoms with Gasteiger partial charge in [-0.05, 0) is 29.3 Å². The molecule has 4 rings (SSSR count). The number of quaternary nitrogens is 1. The summed E-state index contributed by atoms with van der Waals surface area (Å²) in [5, 5.41) is 39.1. The van der Waals surface area contributed by atoms with Gasteiger partial charge in [-0.15, -0.1) is 0 Å². The molecule has 2 fully saturated rings. The Morgan fingerprint density at radius 2 is 1.78 bits per heavy atom. The SMILES string of the molecule is C[NH+]1[C@@H]2C=C3[C@@H]([C@@H](c4ccc(Cl)cc4)[C@@H](C#N)C(=N)C3(C#N)C#N)[C@H]1CC2. The molecule has 2 bridgehead atoms. The van der Waals surface area contributed by atoms with Crippen LogP contribution in [-0.2, 0) is 0 Å². The zero-order valence-corrected chi connectivity index (χ0v) is 15.7. The van der Waals surface area contributed by atoms with E-state index in [1.165, 1.54) is 4.90 Å². The van der Waals surface area contributed by atoms with Gasteiger partial charge in [0.2, 0.25) is 5.41 Å². The van der Waals surface area contributed by atoms with E-state index in [0.717, 1.165) is 24.0 Å². The van der Waals surface area contributed by atoms with Crippen LogP contribution in [0.5, 0.6) is 0 Å². The van der Waals surface area contributed by atoms with Gasteiger partial charge in [-0.25, -0.2) is 0 Å². The zero-order valence-electron chi connectivity index (χ0n) is 14.9. The quantitative estimate of drug-likeness (QED) is 0.735. The molecular formula is C21H19ClN5+. The van der Waals surface area contributed by atoms with Crippen molar-refractivity contribution >= 4 is 17.3 Å². The van der Waals surface area contributed by atoms with Gasteiger partial charge in [-0.3, -0.25) is 0 Å². The predicted octanol–water partition coefficient (Wildman–Crippen LogP) is 2.23. The second-order valence-electron chi connectivity index (χ2n) is 7.75. The van der Waals surface area contributed by atoms with E-state index >= 15 is 0 Å². The van der Waals surface area contributed by atoms with Crippen LogP contribution < -0.4 is 4.90 Å². The minimum atomic E-state index is -1.63. The molecule has 0 spiro atoms. The van der Waals surface area contributed by atoms with E-state index in [2.05, 4.69) is 31.3 Å². The van der Waals surface area contributed by atoms with Crippen molar-refractivity contribution in [3.63, 3.8) is 0 Å². The van der Waals surface area contributed by atoms with Crippen molar-refractivity contribution in [3.05, 3.63) is 46.5 Å². The Morgan fingerprint density at radius 1 is 1.11 bits per heavy atom. The Bertz CT molecular complexity index is 944. The molecule has 27 heavy (non-hydrogen) atoms. The molecule has 2 N–H and O–H groups in total. The van der Waals surface area contributed by atoms with Crippen molar-refractivity contribution in [2.45, 2.75) is 30.8 Å². The number of fused-ring (bicyclic) bond motifs is 4. The number of nitrogens with one attached hydrogen (secondary N) is 2. The van der Waals surface area contributed by atoms with Crippen LogP contribution in [0.15, 0.2) is 35.9 Å². The first-order valence-electron chi connectivity index (χ1n) is 9.10. The van der Waals surface area contributed by atoms with E-state index in [9.17, 15) is 15.8 Å². The zero-order chi connectivity index (χ0) is 19.3. The predicted molar refractivity (Wildman–Crippen MR) is 100.0 cm³/mol. The largest absolute Gasteiger partial charge is 0.329 e. The topological polar surface area (TPSA) is 99.7 Å². The van der Waals surface area contributed by atoms with Crippen molar-refractivity contribution in [2.75, 3.05) is 7.05 Å². The van der Waals surface area contributed by atoms with Crippen LogP contribution >= 0.6 is 11.6 Å². The summed E-state index contributed by atoms with van der Waals surface area (Å²) in [6.07, 6.45) is 4.05. The summed E-state index contributed by atoms with van der Waals surface area (Å²) in [6, 6.07) is 14.4. The van der Waals surface area contributed by atoms with E-state index in [-0.39, 0.29) is 29.6 Å². The highest BCUT2D eigenvalue weighted by molar-refractivity contribution is 6.30. The maximum absolute atomic E-state index is 9.93. The fraction of sp³-hybridized carbons (Fsp3) is 0.429. The first-order valence-corrected chi connectivity index (χ1v) is 9.48. The highest BCUT2D eigenvalue weighted by Crippen LogP contribution is 2.54. The van der Waals surface area contributed by atoms with Gasteiger partial charge in [0.1, 0.15) is 6.04 Å². The van der Waals surface area contributed by atoms with Gasteiger partial charge in [0.05, 0.1) is 42.9 Å². The molecule has 134 valence electrons. The van der Waals surface area contributed by atoms with Crippen LogP contribution in [0.3, 0.4) is 0 Å². The third-order valence-corrected chi connectivity index (χ3v) is 7.01. The first-order chi connectivity index (χ1) is 13.0. The van der Waals surface area contributed by atoms with E-state index in [1.807, 2.05) is 12.1 Å². The van der Waals surface area contributed by atoms with Crippen LogP contribution in [0.4, 0.5) is 0 Å². The van der Waals surface area contributed by atoms with E-state index in [4.69, 9.17) is 17.0 Å². The molecule has 1 aliphatic carbocycles. The Balaban J connectivity index is 1.97. The molecule has 3 aliphatic rings. The van der Waals surface area contributed by atoms with Crippen molar-refractivity contribution in [2.24, 2.45) is 17.3 Å². The second-order valence-corrected chi connectivity index (χ2v) is 8.19. The van der Waals surface area contributed by atoms with Crippen LogP contribution in [0, 0.1) is 56.7 Å². The molecule has 1 aromatic rings. The van der Waals surface area contributed by atoms with Gasteiger partial charge in [0.25, 0.3) is 0 Å². The van der Waals surface area contributed by atoms with Gasteiger partial charge in [-0.2, -0.15) is 15.8 Å². The number of likely N-dealkylation sites (N-methyl/N-ethyl adjacent to an activating group) is 1. The van der Waals surface area contributed by atoms with E-state index in [1.54, 1.807) is 12.1 Å². The molecule has 2 heterocycles. The summed E-state index contributed by atoms with van der Waals surface area (Å²) in [5.41, 5.74) is -0.0390. The summed E-state index contributed by atoms with van der Waals surface area (Å²) in [6.45, 7) is 0. The molecule has 0 aromatic heterocycles. The lowest BCUT2D eigenvalue weighted by molar-refractivity contribution is -0.916. The van der Waals surface area contributed by atoms with Crippen LogP contribution in [0.1, 0.15) is 24.3 Å². The molecule has 1 unspecified atom stereocenters. The molecule has 0 amide bonds. The van der Waals surface area contributed by atoms with Crippen molar-refractivity contribution in [3.8, 4) is 18.2 Å². The Labute approximate surface area is 163 Å². The number of hydrogen-bond donors (Lipinski definition) is 2. The highest BCUT2D eigenvalue weighted by atomic mass is 35.5. The number of halogens is 1. The van der Waals surface area contributed by atoms with Crippen LogP contribution in [0.25, 0.3) is 0 Å². The minimum Gasteiger partial charge on any atom is -0.329 e. The third kappa shape index (κ3) is 2.28. The number of benzene rings is 1.